The maximum Gasteiger partial charge on any atom is 0.338 e. The molecular weight excluding hydrogens is 263 g/mol. The van der Waals surface area contributed by atoms with E-state index in [1.807, 2.05) is 6.92 Å². The second kappa shape index (κ2) is 7.14. The van der Waals surface area contributed by atoms with Gasteiger partial charge in [-0.3, -0.25) is 0 Å². The van der Waals surface area contributed by atoms with E-state index in [1.165, 1.54) is 11.0 Å². The minimum atomic E-state index is -1.40. The van der Waals surface area contributed by atoms with Crippen LogP contribution in [0.5, 0.6) is 0 Å². The number of anilines is 1. The number of halogens is 1. The molecule has 1 aromatic carbocycles. The average Bonchev–Trinajstić information content (AvgIpc) is 2.40. The van der Waals surface area contributed by atoms with Crippen LogP contribution in [0.3, 0.4) is 0 Å². The molecule has 1 rings (SSSR count). The number of carboxylic acid groups (broad SMARTS) is 1. The third-order valence-corrected chi connectivity index (χ3v) is 2.51. The number of terminal acetylenes is 1. The third-order valence-electron chi connectivity index (χ3n) is 2.51. The first-order valence-corrected chi connectivity index (χ1v) is 6.01. The number of nitrogens with zero attached hydrogens (tertiary/aromatic N) is 1. The molecule has 106 valence electrons. The molecule has 0 bridgehead atoms. The molecular formula is C14H15FN2O3. The van der Waals surface area contributed by atoms with Crippen molar-refractivity contribution in [3.05, 3.63) is 29.6 Å². The number of carboxylic acids is 1. The topological polar surface area (TPSA) is 69.6 Å². The van der Waals surface area contributed by atoms with Crippen LogP contribution in [0, 0.1) is 18.2 Å². The van der Waals surface area contributed by atoms with Crippen LogP contribution < -0.4 is 5.32 Å². The lowest BCUT2D eigenvalue weighted by Crippen LogP contribution is -2.35. The number of benzene rings is 1. The second-order valence-electron chi connectivity index (χ2n) is 4.06. The molecule has 0 aliphatic carbocycles. The molecule has 0 saturated heterocycles. The number of rotatable bonds is 5. The first kappa shape index (κ1) is 15.5. The van der Waals surface area contributed by atoms with E-state index in [1.54, 1.807) is 0 Å². The fourth-order valence-electron chi connectivity index (χ4n) is 1.60. The van der Waals surface area contributed by atoms with Gasteiger partial charge in [-0.05, 0) is 24.6 Å². The van der Waals surface area contributed by atoms with Crippen LogP contribution in [0.2, 0.25) is 0 Å². The predicted molar refractivity (Wildman–Crippen MR) is 73.1 cm³/mol. The molecule has 0 unspecified atom stereocenters. The molecule has 0 fully saturated rings. The van der Waals surface area contributed by atoms with Gasteiger partial charge in [0.2, 0.25) is 0 Å². The maximum atomic E-state index is 13.2. The Bertz CT molecular complexity index is 552. The van der Waals surface area contributed by atoms with E-state index in [9.17, 15) is 14.0 Å². The number of carbonyl (C=O) groups excluding carboxylic acids is 1. The van der Waals surface area contributed by atoms with Gasteiger partial charge in [0.25, 0.3) is 0 Å². The van der Waals surface area contributed by atoms with E-state index in [0.29, 0.717) is 6.54 Å². The summed E-state index contributed by atoms with van der Waals surface area (Å²) in [5.74, 6) is 0.116. The molecule has 1 aromatic rings. The predicted octanol–water partition coefficient (Wildman–Crippen LogP) is 2.40. The van der Waals surface area contributed by atoms with Gasteiger partial charge in [0.1, 0.15) is 5.82 Å². The van der Waals surface area contributed by atoms with Gasteiger partial charge < -0.3 is 15.3 Å². The normalized spacial score (nSPS) is 9.65. The highest BCUT2D eigenvalue weighted by atomic mass is 19.1. The minimum Gasteiger partial charge on any atom is -0.478 e. The summed E-state index contributed by atoms with van der Waals surface area (Å²) in [6.45, 7) is 2.52. The Kier molecular flexibility index (Phi) is 5.54. The first-order chi connectivity index (χ1) is 9.49. The van der Waals surface area contributed by atoms with E-state index < -0.39 is 23.4 Å². The molecule has 0 atom stereocenters. The molecule has 0 saturated carbocycles. The molecule has 0 aromatic heterocycles. The van der Waals surface area contributed by atoms with Gasteiger partial charge in [-0.1, -0.05) is 12.8 Å². The monoisotopic (exact) mass is 278 g/mol. The summed E-state index contributed by atoms with van der Waals surface area (Å²) in [5, 5.41) is 11.3. The SMILES string of the molecule is C#CCN(CCC)C(=O)Nc1ccc(F)c(C(=O)O)c1. The first-order valence-electron chi connectivity index (χ1n) is 6.01. The Morgan fingerprint density at radius 1 is 1.50 bits per heavy atom. The van der Waals surface area contributed by atoms with Crippen LogP contribution in [0.4, 0.5) is 14.9 Å². The molecule has 5 nitrogen and oxygen atoms in total. The van der Waals surface area contributed by atoms with E-state index in [-0.39, 0.29) is 12.2 Å². The number of hydrogen-bond acceptors (Lipinski definition) is 2. The summed E-state index contributed by atoms with van der Waals surface area (Å²) in [6.07, 6.45) is 5.91. The number of hydrogen-bond donors (Lipinski definition) is 2. The summed E-state index contributed by atoms with van der Waals surface area (Å²) in [6, 6.07) is 2.90. The van der Waals surface area contributed by atoms with Crippen molar-refractivity contribution >= 4 is 17.7 Å². The Labute approximate surface area is 116 Å². The smallest absolute Gasteiger partial charge is 0.338 e. The van der Waals surface area contributed by atoms with Crippen LogP contribution in [0.25, 0.3) is 0 Å². The molecule has 20 heavy (non-hydrogen) atoms. The maximum absolute atomic E-state index is 13.2. The van der Waals surface area contributed by atoms with E-state index in [2.05, 4.69) is 11.2 Å². The number of aromatic carboxylic acids is 1. The highest BCUT2D eigenvalue weighted by Gasteiger charge is 2.14. The lowest BCUT2D eigenvalue weighted by Gasteiger charge is -2.20. The van der Waals surface area contributed by atoms with Crippen molar-refractivity contribution in [3.8, 4) is 12.3 Å². The largest absolute Gasteiger partial charge is 0.478 e. The fraction of sp³-hybridized carbons (Fsp3) is 0.286. The van der Waals surface area contributed by atoms with Crippen molar-refractivity contribution in [3.63, 3.8) is 0 Å². The second-order valence-corrected chi connectivity index (χ2v) is 4.06. The standard InChI is InChI=1S/C14H15FN2O3/c1-3-7-17(8-4-2)14(20)16-10-5-6-12(15)11(9-10)13(18)19/h1,5-6,9H,4,7-8H2,2H3,(H,16,20)(H,18,19). The summed E-state index contributed by atoms with van der Waals surface area (Å²) < 4.78 is 13.2. The molecule has 6 heteroatoms. The van der Waals surface area contributed by atoms with Crippen molar-refractivity contribution in [2.75, 3.05) is 18.4 Å². The summed E-state index contributed by atoms with van der Waals surface area (Å²) >= 11 is 0. The van der Waals surface area contributed by atoms with Crippen molar-refractivity contribution in [2.24, 2.45) is 0 Å². The third kappa shape index (κ3) is 3.99. The van der Waals surface area contributed by atoms with Crippen molar-refractivity contribution in [1.82, 2.24) is 4.90 Å². The zero-order chi connectivity index (χ0) is 15.1. The van der Waals surface area contributed by atoms with Crippen molar-refractivity contribution < 1.29 is 19.1 Å². The van der Waals surface area contributed by atoms with Crippen LogP contribution in [0.1, 0.15) is 23.7 Å². The average molecular weight is 278 g/mol. The van der Waals surface area contributed by atoms with E-state index in [0.717, 1.165) is 18.6 Å². The lowest BCUT2D eigenvalue weighted by atomic mass is 10.2. The van der Waals surface area contributed by atoms with Gasteiger partial charge in [0, 0.05) is 12.2 Å². The summed E-state index contributed by atoms with van der Waals surface area (Å²) in [4.78, 5) is 24.2. The molecule has 0 heterocycles. The molecule has 2 N–H and O–H groups in total. The highest BCUT2D eigenvalue weighted by molar-refractivity contribution is 5.93. The van der Waals surface area contributed by atoms with Crippen LogP contribution in [0.15, 0.2) is 18.2 Å². The molecule has 0 aliphatic rings. The quantitative estimate of drug-likeness (QED) is 0.812. The van der Waals surface area contributed by atoms with Crippen LogP contribution >= 0.6 is 0 Å². The number of urea groups is 1. The summed E-state index contributed by atoms with van der Waals surface area (Å²) in [7, 11) is 0. The zero-order valence-electron chi connectivity index (χ0n) is 11.0. The Morgan fingerprint density at radius 3 is 2.75 bits per heavy atom. The molecule has 0 radical (unpaired) electrons. The number of amides is 2. The van der Waals surface area contributed by atoms with Gasteiger partial charge >= 0.3 is 12.0 Å². The number of nitrogens with one attached hydrogen (secondary N) is 1. The highest BCUT2D eigenvalue weighted by Crippen LogP contribution is 2.15. The van der Waals surface area contributed by atoms with Gasteiger partial charge in [-0.15, -0.1) is 6.42 Å². The van der Waals surface area contributed by atoms with Gasteiger partial charge in [0.05, 0.1) is 12.1 Å². The molecule has 0 spiro atoms. The summed E-state index contributed by atoms with van der Waals surface area (Å²) in [5.41, 5.74) is -0.297. The van der Waals surface area contributed by atoms with E-state index >= 15 is 0 Å². The Morgan fingerprint density at radius 2 is 2.20 bits per heavy atom. The number of carbonyl (C=O) groups is 2. The molecule has 0 aliphatic heterocycles. The minimum absolute atomic E-state index is 0.145. The van der Waals surface area contributed by atoms with Crippen LogP contribution in [-0.2, 0) is 0 Å². The lowest BCUT2D eigenvalue weighted by molar-refractivity contribution is 0.0692. The fourth-order valence-corrected chi connectivity index (χ4v) is 1.60. The Hall–Kier alpha value is -2.55. The van der Waals surface area contributed by atoms with Crippen molar-refractivity contribution in [1.29, 1.82) is 0 Å². The van der Waals surface area contributed by atoms with Gasteiger partial charge in [0.15, 0.2) is 0 Å². The zero-order valence-corrected chi connectivity index (χ0v) is 11.0. The van der Waals surface area contributed by atoms with Crippen LogP contribution in [-0.4, -0.2) is 35.1 Å². The molecule has 2 amide bonds. The Balaban J connectivity index is 2.87. The van der Waals surface area contributed by atoms with Gasteiger partial charge in [-0.25, -0.2) is 14.0 Å². The van der Waals surface area contributed by atoms with E-state index in [4.69, 9.17) is 11.5 Å². The van der Waals surface area contributed by atoms with Crippen molar-refractivity contribution in [2.45, 2.75) is 13.3 Å². The van der Waals surface area contributed by atoms with Gasteiger partial charge in [-0.2, -0.15) is 0 Å².